The highest BCUT2D eigenvalue weighted by Gasteiger charge is 2.70. The number of hydrogen-bond donors (Lipinski definition) is 13. The van der Waals surface area contributed by atoms with Gasteiger partial charge in [-0.2, -0.15) is 0 Å². The Kier molecular flexibility index (Phi) is 16.5. The van der Waals surface area contributed by atoms with Crippen molar-refractivity contribution in [1.82, 2.24) is 0 Å². The molecule has 28 unspecified atom stereocenters. The first-order valence-electron chi connectivity index (χ1n) is 27.7. The molecular weight excluding hydrogens is 1020 g/mol. The minimum atomic E-state index is -2.03. The standard InChI is InChI=1S/C54H86O23/c1-22-30(57)32(59)36(63)44(70-22)74-40-26(21-56)72-45(38(65)34(40)61)75-41-35(62)39(66)47(76-42(41)43(67)68)73-29-12-13-51(6)27(50(29,4)5)11-14-53(8)28(51)10-9-23-24-19-49(2,3)15-17-54(24,18-16-52(23,53)7)48(69)77-46-37(64)33(60)31(58)25(20-55)71-46/h9,22,24-42,44-47,55-66H,10-21H2,1-8H3,(H,67,68). The molecule has 4 saturated heterocycles. The average Bonchev–Trinajstić information content (AvgIpc) is 3.38. The van der Waals surface area contributed by atoms with Gasteiger partial charge in [-0.15, -0.1) is 0 Å². The normalized spacial score (nSPS) is 53.4. The van der Waals surface area contributed by atoms with Crippen molar-refractivity contribution in [1.29, 1.82) is 0 Å². The van der Waals surface area contributed by atoms with Gasteiger partial charge in [0.2, 0.25) is 6.29 Å². The predicted molar refractivity (Wildman–Crippen MR) is 262 cm³/mol. The molecule has 23 heteroatoms. The summed E-state index contributed by atoms with van der Waals surface area (Å²) in [5, 5.41) is 139. The molecule has 77 heavy (non-hydrogen) atoms. The van der Waals surface area contributed by atoms with Crippen LogP contribution in [-0.4, -0.2) is 220 Å². The summed E-state index contributed by atoms with van der Waals surface area (Å²) in [7, 11) is 0. The third kappa shape index (κ3) is 9.66. The number of aliphatic hydroxyl groups excluding tert-OH is 12. The molecule has 0 radical (unpaired) electrons. The fourth-order valence-corrected chi connectivity index (χ4v) is 16.4. The largest absolute Gasteiger partial charge is 0.479 e. The Hall–Kier alpha value is -2.08. The first-order chi connectivity index (χ1) is 35.9. The van der Waals surface area contributed by atoms with E-state index < -0.39 is 165 Å². The minimum absolute atomic E-state index is 0.0730. The van der Waals surface area contributed by atoms with Crippen molar-refractivity contribution >= 4 is 11.9 Å². The smallest absolute Gasteiger partial charge is 0.335 e. The highest BCUT2D eigenvalue weighted by molar-refractivity contribution is 5.79. The molecule has 9 aliphatic rings. The van der Waals surface area contributed by atoms with Crippen molar-refractivity contribution in [3.63, 3.8) is 0 Å². The van der Waals surface area contributed by atoms with E-state index in [1.165, 1.54) is 12.5 Å². The van der Waals surface area contributed by atoms with Crippen LogP contribution in [0.5, 0.6) is 0 Å². The molecule has 4 heterocycles. The summed E-state index contributed by atoms with van der Waals surface area (Å²) in [6.07, 6.45) is -25.2. The fraction of sp³-hybridized carbons (Fsp3) is 0.926. The van der Waals surface area contributed by atoms with Crippen LogP contribution in [0.15, 0.2) is 11.6 Å². The fourth-order valence-electron chi connectivity index (χ4n) is 16.4. The van der Waals surface area contributed by atoms with Crippen molar-refractivity contribution < 1.29 is 114 Å². The zero-order valence-corrected chi connectivity index (χ0v) is 45.3. The molecule has 440 valence electrons. The number of ether oxygens (including phenoxy) is 8. The van der Waals surface area contributed by atoms with Gasteiger partial charge in [0, 0.05) is 0 Å². The van der Waals surface area contributed by atoms with Crippen LogP contribution in [0.4, 0.5) is 0 Å². The van der Waals surface area contributed by atoms with Gasteiger partial charge in [0.25, 0.3) is 0 Å². The lowest BCUT2D eigenvalue weighted by atomic mass is 9.33. The molecule has 0 bridgehead atoms. The number of hydrogen-bond acceptors (Lipinski definition) is 22. The molecule has 0 amide bonds. The molecule has 9 rings (SSSR count). The van der Waals surface area contributed by atoms with E-state index in [1.54, 1.807) is 0 Å². The number of carbonyl (C=O) groups excluding carboxylic acids is 1. The Morgan fingerprint density at radius 2 is 1.14 bits per heavy atom. The number of carbonyl (C=O) groups is 2. The first-order valence-corrected chi connectivity index (χ1v) is 27.7. The number of carboxylic acids is 1. The van der Waals surface area contributed by atoms with Crippen LogP contribution in [-0.2, 0) is 47.5 Å². The Labute approximate surface area is 448 Å². The third-order valence-electron chi connectivity index (χ3n) is 21.4. The number of aliphatic hydroxyl groups is 12. The van der Waals surface area contributed by atoms with Gasteiger partial charge in [-0.25, -0.2) is 4.79 Å². The second-order valence-corrected chi connectivity index (χ2v) is 26.3. The maximum atomic E-state index is 14.7. The van der Waals surface area contributed by atoms with Crippen LogP contribution in [0.3, 0.4) is 0 Å². The zero-order valence-electron chi connectivity index (χ0n) is 45.3. The van der Waals surface area contributed by atoms with E-state index in [0.717, 1.165) is 32.1 Å². The van der Waals surface area contributed by atoms with E-state index in [0.29, 0.717) is 32.1 Å². The van der Waals surface area contributed by atoms with Gasteiger partial charge < -0.3 is 104 Å². The monoisotopic (exact) mass is 1100 g/mol. The van der Waals surface area contributed by atoms with Crippen LogP contribution in [0, 0.1) is 50.2 Å². The van der Waals surface area contributed by atoms with Gasteiger partial charge >= 0.3 is 11.9 Å². The van der Waals surface area contributed by atoms with E-state index in [2.05, 4.69) is 54.5 Å². The number of allylic oxidation sites excluding steroid dienone is 2. The maximum Gasteiger partial charge on any atom is 0.335 e. The molecule has 5 aliphatic carbocycles. The molecule has 0 aromatic rings. The second kappa shape index (κ2) is 21.3. The van der Waals surface area contributed by atoms with Gasteiger partial charge in [-0.3, -0.25) is 4.79 Å². The van der Waals surface area contributed by atoms with Crippen molar-refractivity contribution in [2.75, 3.05) is 13.2 Å². The summed E-state index contributed by atoms with van der Waals surface area (Å²) >= 11 is 0. The van der Waals surface area contributed by atoms with Crippen LogP contribution in [0.25, 0.3) is 0 Å². The summed E-state index contributed by atoms with van der Waals surface area (Å²) in [6, 6.07) is 0. The van der Waals surface area contributed by atoms with Crippen molar-refractivity contribution in [3.8, 4) is 0 Å². The van der Waals surface area contributed by atoms with Gasteiger partial charge in [0.1, 0.15) is 85.5 Å². The van der Waals surface area contributed by atoms with Crippen LogP contribution >= 0.6 is 0 Å². The van der Waals surface area contributed by atoms with E-state index in [1.807, 2.05) is 0 Å². The summed E-state index contributed by atoms with van der Waals surface area (Å²) in [4.78, 5) is 27.6. The number of carboxylic acid groups (broad SMARTS) is 1. The summed E-state index contributed by atoms with van der Waals surface area (Å²) in [5.74, 6) is -2.05. The summed E-state index contributed by atoms with van der Waals surface area (Å²) in [5.41, 5.74) is -1.13. The van der Waals surface area contributed by atoms with Crippen molar-refractivity contribution in [2.24, 2.45) is 50.2 Å². The molecular formula is C54H86O23. The van der Waals surface area contributed by atoms with E-state index >= 15 is 0 Å². The van der Waals surface area contributed by atoms with Gasteiger partial charge in [-0.05, 0) is 116 Å². The molecule has 8 fully saturated rings. The SMILES string of the molecule is CC1OC(OC2C(CO)OC(OC3C(C(=O)O)OC(OC4CCC5(C)C(CCC6(C)C5CC=C5C7CC(C)(C)CCC7(C(=O)OC7OC(CO)C(O)C(O)C7O)CCC56C)C4(C)C)C(O)C3O)C(O)C2O)C(O)C(O)C1O. The molecule has 4 aliphatic heterocycles. The topological polar surface area (TPSA) is 371 Å². The Morgan fingerprint density at radius 1 is 0.584 bits per heavy atom. The second-order valence-electron chi connectivity index (χ2n) is 26.3. The highest BCUT2D eigenvalue weighted by Crippen LogP contribution is 2.76. The van der Waals surface area contributed by atoms with Crippen LogP contribution in [0.1, 0.15) is 120 Å². The molecule has 0 spiro atoms. The average molecular weight is 1100 g/mol. The molecule has 4 saturated carbocycles. The Balaban J connectivity index is 0.890. The third-order valence-corrected chi connectivity index (χ3v) is 21.4. The summed E-state index contributed by atoms with van der Waals surface area (Å²) < 4.78 is 46.8. The molecule has 13 N–H and O–H groups in total. The lowest BCUT2D eigenvalue weighted by Crippen LogP contribution is -2.67. The van der Waals surface area contributed by atoms with Gasteiger partial charge in [-0.1, -0.05) is 60.1 Å². The number of esters is 1. The zero-order chi connectivity index (χ0) is 56.4. The van der Waals surface area contributed by atoms with Crippen molar-refractivity contribution in [3.05, 3.63) is 11.6 Å². The lowest BCUT2D eigenvalue weighted by molar-refractivity contribution is -0.379. The van der Waals surface area contributed by atoms with Crippen LogP contribution < -0.4 is 0 Å². The maximum absolute atomic E-state index is 14.7. The number of aliphatic carboxylic acids is 1. The molecule has 0 aromatic carbocycles. The highest BCUT2D eigenvalue weighted by atomic mass is 16.8. The number of rotatable bonds is 11. The van der Waals surface area contributed by atoms with Gasteiger partial charge in [0.05, 0.1) is 30.8 Å². The first kappa shape index (κ1) is 59.5. The van der Waals surface area contributed by atoms with Crippen molar-refractivity contribution in [2.45, 2.75) is 249 Å². The Bertz CT molecular complexity index is 2180. The molecule has 23 nitrogen and oxygen atoms in total. The van der Waals surface area contributed by atoms with E-state index in [9.17, 15) is 76.0 Å². The quantitative estimate of drug-likeness (QED) is 0.0676. The Morgan fingerprint density at radius 3 is 1.79 bits per heavy atom. The molecule has 28 atom stereocenters. The van der Waals surface area contributed by atoms with E-state index in [-0.39, 0.29) is 39.4 Å². The number of fused-ring (bicyclic) bond motifs is 7. The molecule has 0 aromatic heterocycles. The van der Waals surface area contributed by atoms with Crippen LogP contribution in [0.2, 0.25) is 0 Å². The van der Waals surface area contributed by atoms with E-state index in [4.69, 9.17) is 37.9 Å². The predicted octanol–water partition coefficient (Wildman–Crippen LogP) is -0.915. The lowest BCUT2D eigenvalue weighted by Gasteiger charge is -2.71. The minimum Gasteiger partial charge on any atom is -0.479 e. The summed E-state index contributed by atoms with van der Waals surface area (Å²) in [6.45, 7) is 15.6. The van der Waals surface area contributed by atoms with Gasteiger partial charge in [0.15, 0.2) is 25.0 Å².